The lowest BCUT2D eigenvalue weighted by molar-refractivity contribution is 0.262. The second kappa shape index (κ2) is 6.30. The number of pyridine rings is 1. The van der Waals surface area contributed by atoms with Crippen LogP contribution in [0.15, 0.2) is 42.5 Å². The quantitative estimate of drug-likeness (QED) is 0.775. The summed E-state index contributed by atoms with van der Waals surface area (Å²) in [7, 11) is 0. The molecule has 0 aliphatic carbocycles. The van der Waals surface area contributed by atoms with Crippen LogP contribution < -0.4 is 15.4 Å². The van der Waals surface area contributed by atoms with Gasteiger partial charge in [0.15, 0.2) is 5.65 Å². The second-order valence-corrected chi connectivity index (χ2v) is 4.60. The lowest BCUT2D eigenvalue weighted by Gasteiger charge is -2.09. The van der Waals surface area contributed by atoms with Crippen LogP contribution in [-0.4, -0.2) is 27.2 Å². The Morgan fingerprint density at radius 3 is 2.83 bits per heavy atom. The van der Waals surface area contributed by atoms with Crippen molar-refractivity contribution in [2.45, 2.75) is 6.92 Å². The Labute approximate surface area is 131 Å². The molecular weight excluding hydrogens is 301 g/mol. The van der Waals surface area contributed by atoms with E-state index in [1.54, 1.807) is 28.7 Å². The number of ether oxygens (including phenoxy) is 1. The van der Waals surface area contributed by atoms with Gasteiger partial charge in [-0.2, -0.15) is 0 Å². The fraction of sp³-hybridized carbons (Fsp3) is 0.133. The van der Waals surface area contributed by atoms with Crippen molar-refractivity contribution in [3.63, 3.8) is 0 Å². The third-order valence-electron chi connectivity index (χ3n) is 2.99. The van der Waals surface area contributed by atoms with E-state index in [-0.39, 0.29) is 5.95 Å². The van der Waals surface area contributed by atoms with Gasteiger partial charge in [-0.1, -0.05) is 12.1 Å². The van der Waals surface area contributed by atoms with Gasteiger partial charge >= 0.3 is 6.03 Å². The number of urea groups is 1. The molecule has 2 N–H and O–H groups in total. The van der Waals surface area contributed by atoms with E-state index in [9.17, 15) is 9.18 Å². The Kier molecular flexibility index (Phi) is 4.05. The Hall–Kier alpha value is -3.16. The highest BCUT2D eigenvalue weighted by atomic mass is 19.1. The molecule has 0 aliphatic heterocycles. The number of amides is 2. The van der Waals surface area contributed by atoms with Crippen LogP contribution in [0.3, 0.4) is 0 Å². The zero-order valence-electron chi connectivity index (χ0n) is 12.3. The van der Waals surface area contributed by atoms with Crippen molar-refractivity contribution in [1.82, 2.24) is 14.6 Å². The zero-order valence-corrected chi connectivity index (χ0v) is 12.3. The minimum Gasteiger partial charge on any atom is -0.479 e. The van der Waals surface area contributed by atoms with Crippen LogP contribution in [-0.2, 0) is 0 Å². The zero-order chi connectivity index (χ0) is 16.2. The topological polar surface area (TPSA) is 80.6 Å². The molecule has 0 radical (unpaired) electrons. The first-order valence-electron chi connectivity index (χ1n) is 6.98. The standard InChI is InChI=1S/C15H14FN5O2/c1-2-23-13-8-4-7-12-19-20-14(21(12)13)18-15(22)17-11-6-3-5-10(16)9-11/h3-9H,2H2,1H3,(H2,17,18,20,22). The molecule has 23 heavy (non-hydrogen) atoms. The SMILES string of the molecule is CCOc1cccc2nnc(NC(=O)Nc3cccc(F)c3)n12. The highest BCUT2D eigenvalue weighted by Gasteiger charge is 2.13. The van der Waals surface area contributed by atoms with E-state index >= 15 is 0 Å². The molecule has 2 amide bonds. The lowest BCUT2D eigenvalue weighted by Crippen LogP contribution is -2.21. The van der Waals surface area contributed by atoms with E-state index in [1.807, 2.05) is 6.92 Å². The Balaban J connectivity index is 1.82. The van der Waals surface area contributed by atoms with Crippen LogP contribution in [0.25, 0.3) is 5.65 Å². The largest absolute Gasteiger partial charge is 0.479 e. The summed E-state index contributed by atoms with van der Waals surface area (Å²) in [5.74, 6) is 0.281. The predicted molar refractivity (Wildman–Crippen MR) is 83.2 cm³/mol. The molecule has 1 aromatic carbocycles. The number of nitrogens with zero attached hydrogens (tertiary/aromatic N) is 3. The molecule has 8 heteroatoms. The average Bonchev–Trinajstić information content (AvgIpc) is 2.91. The third kappa shape index (κ3) is 3.20. The van der Waals surface area contributed by atoms with Gasteiger partial charge in [0.1, 0.15) is 5.82 Å². The van der Waals surface area contributed by atoms with Gasteiger partial charge < -0.3 is 10.1 Å². The highest BCUT2D eigenvalue weighted by molar-refractivity contribution is 5.98. The maximum atomic E-state index is 13.1. The van der Waals surface area contributed by atoms with Gasteiger partial charge in [-0.15, -0.1) is 10.2 Å². The number of hydrogen-bond acceptors (Lipinski definition) is 4. The van der Waals surface area contributed by atoms with Crippen LogP contribution in [0.2, 0.25) is 0 Å². The first kappa shape index (κ1) is 14.8. The van der Waals surface area contributed by atoms with E-state index in [0.717, 1.165) is 0 Å². The van der Waals surface area contributed by atoms with Crippen molar-refractivity contribution in [2.75, 3.05) is 17.2 Å². The van der Waals surface area contributed by atoms with Crippen LogP contribution in [0.1, 0.15) is 6.92 Å². The number of carbonyl (C=O) groups excluding carboxylic acids is 1. The maximum Gasteiger partial charge on any atom is 0.326 e. The summed E-state index contributed by atoms with van der Waals surface area (Å²) in [6, 6.07) is 10.3. The van der Waals surface area contributed by atoms with Crippen LogP contribution in [0.4, 0.5) is 20.8 Å². The predicted octanol–water partition coefficient (Wildman–Crippen LogP) is 2.91. The summed E-state index contributed by atoms with van der Waals surface area (Å²) in [6.45, 7) is 2.32. The van der Waals surface area contributed by atoms with Crippen LogP contribution in [0, 0.1) is 5.82 Å². The van der Waals surface area contributed by atoms with Gasteiger partial charge in [0, 0.05) is 5.69 Å². The molecule has 0 unspecified atom stereocenters. The van der Waals surface area contributed by atoms with E-state index in [4.69, 9.17) is 4.74 Å². The molecule has 0 fully saturated rings. The molecule has 0 saturated heterocycles. The first-order valence-corrected chi connectivity index (χ1v) is 6.98. The van der Waals surface area contributed by atoms with Crippen molar-refractivity contribution >= 4 is 23.3 Å². The Bertz CT molecular complexity index is 849. The van der Waals surface area contributed by atoms with Gasteiger partial charge in [-0.25, -0.2) is 13.6 Å². The summed E-state index contributed by atoms with van der Waals surface area (Å²) in [6.07, 6.45) is 0. The normalized spacial score (nSPS) is 10.5. The number of hydrogen-bond donors (Lipinski definition) is 2. The minimum absolute atomic E-state index is 0.206. The first-order chi connectivity index (χ1) is 11.2. The van der Waals surface area contributed by atoms with E-state index in [2.05, 4.69) is 20.8 Å². The second-order valence-electron chi connectivity index (χ2n) is 4.60. The number of rotatable bonds is 4. The fourth-order valence-corrected chi connectivity index (χ4v) is 2.08. The minimum atomic E-state index is -0.559. The van der Waals surface area contributed by atoms with Gasteiger partial charge in [-0.3, -0.25) is 5.32 Å². The number of carbonyl (C=O) groups is 1. The number of anilines is 2. The number of benzene rings is 1. The summed E-state index contributed by atoms with van der Waals surface area (Å²) in [5, 5.41) is 13.0. The molecule has 0 aliphatic rings. The lowest BCUT2D eigenvalue weighted by atomic mass is 10.3. The van der Waals surface area contributed by atoms with Gasteiger partial charge in [0.2, 0.25) is 11.8 Å². The van der Waals surface area contributed by atoms with Crippen molar-refractivity contribution in [3.8, 4) is 5.88 Å². The van der Waals surface area contributed by atoms with Crippen molar-refractivity contribution < 1.29 is 13.9 Å². The van der Waals surface area contributed by atoms with Crippen LogP contribution >= 0.6 is 0 Å². The summed E-state index contributed by atoms with van der Waals surface area (Å²) in [5.41, 5.74) is 0.873. The molecule has 3 rings (SSSR count). The molecule has 118 valence electrons. The fourth-order valence-electron chi connectivity index (χ4n) is 2.08. The molecule has 0 atom stereocenters. The number of fused-ring (bicyclic) bond motifs is 1. The maximum absolute atomic E-state index is 13.1. The molecule has 3 aromatic rings. The smallest absolute Gasteiger partial charge is 0.326 e. The average molecular weight is 315 g/mol. The number of nitrogens with one attached hydrogen (secondary N) is 2. The summed E-state index contributed by atoms with van der Waals surface area (Å²) in [4.78, 5) is 12.0. The van der Waals surface area contributed by atoms with Gasteiger partial charge in [0.25, 0.3) is 0 Å². The van der Waals surface area contributed by atoms with Gasteiger partial charge in [-0.05, 0) is 37.3 Å². The van der Waals surface area contributed by atoms with Crippen molar-refractivity contribution in [2.24, 2.45) is 0 Å². The van der Waals surface area contributed by atoms with Crippen LogP contribution in [0.5, 0.6) is 5.88 Å². The Morgan fingerprint density at radius 1 is 1.22 bits per heavy atom. The number of halogens is 1. The molecule has 0 saturated carbocycles. The molecule has 2 heterocycles. The van der Waals surface area contributed by atoms with Crippen molar-refractivity contribution in [3.05, 3.63) is 48.3 Å². The molecule has 0 bridgehead atoms. The van der Waals surface area contributed by atoms with Crippen molar-refractivity contribution in [1.29, 1.82) is 0 Å². The molecule has 2 aromatic heterocycles. The van der Waals surface area contributed by atoms with E-state index in [0.29, 0.717) is 23.8 Å². The van der Waals surface area contributed by atoms with E-state index in [1.165, 1.54) is 18.2 Å². The van der Waals surface area contributed by atoms with Gasteiger partial charge in [0.05, 0.1) is 6.61 Å². The number of aromatic nitrogens is 3. The molecule has 7 nitrogen and oxygen atoms in total. The summed E-state index contributed by atoms with van der Waals surface area (Å²) >= 11 is 0. The summed E-state index contributed by atoms with van der Waals surface area (Å²) < 4.78 is 20.2. The third-order valence-corrected chi connectivity index (χ3v) is 2.99. The van der Waals surface area contributed by atoms with E-state index < -0.39 is 11.8 Å². The highest BCUT2D eigenvalue weighted by Crippen LogP contribution is 2.19. The monoisotopic (exact) mass is 315 g/mol. The molecular formula is C15H14FN5O2. The molecule has 0 spiro atoms. The Morgan fingerprint density at radius 2 is 2.04 bits per heavy atom.